The fourth-order valence-electron chi connectivity index (χ4n) is 3.07. The van der Waals surface area contributed by atoms with Crippen LogP contribution in [0.15, 0.2) is 46.9 Å². The van der Waals surface area contributed by atoms with Crippen LogP contribution in [0.5, 0.6) is 5.75 Å². The summed E-state index contributed by atoms with van der Waals surface area (Å²) in [5.74, 6) is 0.858. The lowest BCUT2D eigenvalue weighted by atomic mass is 9.98. The third-order valence-electron chi connectivity index (χ3n) is 4.54. The molecule has 148 valence electrons. The Balaban J connectivity index is 1.99. The topological polar surface area (TPSA) is 106 Å². The summed E-state index contributed by atoms with van der Waals surface area (Å²) < 4.78 is 11.3. The first-order chi connectivity index (χ1) is 14.0. The maximum atomic E-state index is 13.2. The van der Waals surface area contributed by atoms with Crippen molar-refractivity contribution in [2.45, 2.75) is 32.6 Å². The molecule has 0 saturated heterocycles. The van der Waals surface area contributed by atoms with Gasteiger partial charge in [-0.1, -0.05) is 13.3 Å². The summed E-state index contributed by atoms with van der Waals surface area (Å²) in [6.07, 6.45) is 2.63. The zero-order chi connectivity index (χ0) is 20.8. The standard InChI is InChI=1S/C22H20N2O5/c1-2-3-5-20-21(18-14-16(24(26)27)8-11-19(18)29-20)22(25)15-6-9-17(10-7-15)28-13-4-12-23/h6-11,14H,2-5,13H2,1H3. The maximum absolute atomic E-state index is 13.2. The van der Waals surface area contributed by atoms with Gasteiger partial charge >= 0.3 is 0 Å². The van der Waals surface area contributed by atoms with E-state index in [2.05, 4.69) is 0 Å². The van der Waals surface area contributed by atoms with Crippen LogP contribution in [0.25, 0.3) is 11.0 Å². The van der Waals surface area contributed by atoms with E-state index in [9.17, 15) is 14.9 Å². The van der Waals surface area contributed by atoms with Gasteiger partial charge in [0.05, 0.1) is 23.0 Å². The van der Waals surface area contributed by atoms with E-state index < -0.39 is 4.92 Å². The number of unbranched alkanes of at least 4 members (excludes halogenated alkanes) is 1. The van der Waals surface area contributed by atoms with Crippen LogP contribution in [0.3, 0.4) is 0 Å². The van der Waals surface area contributed by atoms with Gasteiger partial charge < -0.3 is 9.15 Å². The third kappa shape index (κ3) is 4.43. The summed E-state index contributed by atoms with van der Waals surface area (Å²) >= 11 is 0. The molecular weight excluding hydrogens is 372 g/mol. The average Bonchev–Trinajstić information content (AvgIpc) is 3.09. The van der Waals surface area contributed by atoms with Gasteiger partial charge in [0.1, 0.15) is 23.7 Å². The molecule has 3 rings (SSSR count). The molecule has 0 saturated carbocycles. The molecule has 2 aromatic carbocycles. The summed E-state index contributed by atoms with van der Waals surface area (Å²) in [6, 6.07) is 12.9. The number of rotatable bonds is 9. The Morgan fingerprint density at radius 1 is 1.24 bits per heavy atom. The number of hydrogen-bond acceptors (Lipinski definition) is 6. The van der Waals surface area contributed by atoms with E-state index in [1.807, 2.05) is 13.0 Å². The second-order valence-corrected chi connectivity index (χ2v) is 6.55. The van der Waals surface area contributed by atoms with E-state index >= 15 is 0 Å². The average molecular weight is 392 g/mol. The summed E-state index contributed by atoms with van der Waals surface area (Å²) in [4.78, 5) is 23.9. The molecule has 0 spiro atoms. The van der Waals surface area contributed by atoms with E-state index in [4.69, 9.17) is 14.4 Å². The van der Waals surface area contributed by atoms with E-state index in [1.54, 1.807) is 24.3 Å². The van der Waals surface area contributed by atoms with Gasteiger partial charge in [0.15, 0.2) is 5.78 Å². The van der Waals surface area contributed by atoms with Crippen molar-refractivity contribution in [3.05, 3.63) is 69.5 Å². The van der Waals surface area contributed by atoms with Crippen molar-refractivity contribution < 1.29 is 18.9 Å². The number of ether oxygens (including phenoxy) is 1. The van der Waals surface area contributed by atoms with Gasteiger partial charge in [0.25, 0.3) is 5.69 Å². The molecule has 0 radical (unpaired) electrons. The van der Waals surface area contributed by atoms with Gasteiger partial charge in [-0.3, -0.25) is 14.9 Å². The molecule has 7 nitrogen and oxygen atoms in total. The molecule has 3 aromatic rings. The van der Waals surface area contributed by atoms with Crippen LogP contribution in [0.2, 0.25) is 0 Å². The van der Waals surface area contributed by atoms with Crippen molar-refractivity contribution in [2.24, 2.45) is 0 Å². The van der Waals surface area contributed by atoms with Crippen LogP contribution in [-0.4, -0.2) is 17.3 Å². The van der Waals surface area contributed by atoms with Crippen LogP contribution in [0.4, 0.5) is 5.69 Å². The minimum Gasteiger partial charge on any atom is -0.493 e. The number of aryl methyl sites for hydroxylation is 1. The van der Waals surface area contributed by atoms with E-state index in [1.165, 1.54) is 18.2 Å². The first kappa shape index (κ1) is 20.1. The molecule has 29 heavy (non-hydrogen) atoms. The number of nitro benzene ring substituents is 1. The Kier molecular flexibility index (Phi) is 6.25. The van der Waals surface area contributed by atoms with Crippen LogP contribution in [0, 0.1) is 21.4 Å². The van der Waals surface area contributed by atoms with Crippen LogP contribution in [-0.2, 0) is 6.42 Å². The zero-order valence-electron chi connectivity index (χ0n) is 16.0. The largest absolute Gasteiger partial charge is 0.493 e. The predicted molar refractivity (Wildman–Crippen MR) is 107 cm³/mol. The molecule has 0 N–H and O–H groups in total. The number of furan rings is 1. The third-order valence-corrected chi connectivity index (χ3v) is 4.54. The number of nitriles is 1. The smallest absolute Gasteiger partial charge is 0.270 e. The summed E-state index contributed by atoms with van der Waals surface area (Å²) in [6.45, 7) is 2.32. The molecule has 1 aromatic heterocycles. The number of fused-ring (bicyclic) bond motifs is 1. The number of benzene rings is 2. The second-order valence-electron chi connectivity index (χ2n) is 6.55. The Morgan fingerprint density at radius 2 is 2.00 bits per heavy atom. The second kappa shape index (κ2) is 9.02. The van der Waals surface area contributed by atoms with Crippen molar-refractivity contribution in [1.29, 1.82) is 5.26 Å². The van der Waals surface area contributed by atoms with Gasteiger partial charge in [-0.05, 0) is 36.8 Å². The van der Waals surface area contributed by atoms with E-state index in [0.717, 1.165) is 12.8 Å². The molecule has 0 atom stereocenters. The van der Waals surface area contributed by atoms with Crippen LogP contribution in [0.1, 0.15) is 47.9 Å². The van der Waals surface area contributed by atoms with Gasteiger partial charge in [0.2, 0.25) is 0 Å². The molecule has 0 bridgehead atoms. The molecule has 7 heteroatoms. The highest BCUT2D eigenvalue weighted by atomic mass is 16.6. The Bertz CT molecular complexity index is 1080. The lowest BCUT2D eigenvalue weighted by Gasteiger charge is -2.06. The highest BCUT2D eigenvalue weighted by Crippen LogP contribution is 2.32. The SMILES string of the molecule is CCCCc1oc2ccc([N+](=O)[O-])cc2c1C(=O)c1ccc(OCCC#N)cc1. The first-order valence-corrected chi connectivity index (χ1v) is 9.39. The normalized spacial score (nSPS) is 10.6. The molecule has 0 aliphatic rings. The first-order valence-electron chi connectivity index (χ1n) is 9.39. The van der Waals surface area contributed by atoms with Crippen molar-refractivity contribution in [3.63, 3.8) is 0 Å². The summed E-state index contributed by atoms with van der Waals surface area (Å²) in [5.41, 5.74) is 1.18. The van der Waals surface area contributed by atoms with Crippen molar-refractivity contribution in [1.82, 2.24) is 0 Å². The zero-order valence-corrected chi connectivity index (χ0v) is 16.0. The quantitative estimate of drug-likeness (QED) is 0.214. The number of ketones is 1. The number of nitro groups is 1. The molecule has 0 fully saturated rings. The molecule has 1 heterocycles. The number of carbonyl (C=O) groups excluding carboxylic acids is 1. The molecule has 0 aliphatic heterocycles. The number of hydrogen-bond donors (Lipinski definition) is 0. The molecular formula is C22H20N2O5. The van der Waals surface area contributed by atoms with Gasteiger partial charge in [-0.2, -0.15) is 5.26 Å². The monoisotopic (exact) mass is 392 g/mol. The number of nitrogens with zero attached hydrogens (tertiary/aromatic N) is 2. The van der Waals surface area contributed by atoms with Crippen molar-refractivity contribution in [2.75, 3.05) is 6.61 Å². The maximum Gasteiger partial charge on any atom is 0.270 e. The minimum atomic E-state index is -0.486. The van der Waals surface area contributed by atoms with Gasteiger partial charge in [-0.25, -0.2) is 0 Å². The Morgan fingerprint density at radius 3 is 2.66 bits per heavy atom. The van der Waals surface area contributed by atoms with Gasteiger partial charge in [-0.15, -0.1) is 0 Å². The molecule has 0 aliphatic carbocycles. The minimum absolute atomic E-state index is 0.0874. The van der Waals surface area contributed by atoms with Crippen molar-refractivity contribution >= 4 is 22.4 Å². The summed E-state index contributed by atoms with van der Waals surface area (Å²) in [7, 11) is 0. The van der Waals surface area contributed by atoms with Crippen LogP contribution >= 0.6 is 0 Å². The highest BCUT2D eigenvalue weighted by Gasteiger charge is 2.23. The number of carbonyl (C=O) groups is 1. The van der Waals surface area contributed by atoms with Crippen LogP contribution < -0.4 is 4.74 Å². The molecule has 0 amide bonds. The Labute approximate surface area is 167 Å². The fourth-order valence-corrected chi connectivity index (χ4v) is 3.07. The van der Waals surface area contributed by atoms with Gasteiger partial charge in [0, 0.05) is 29.5 Å². The lowest BCUT2D eigenvalue weighted by molar-refractivity contribution is -0.384. The Hall–Kier alpha value is -3.66. The number of non-ortho nitro benzene ring substituents is 1. The predicted octanol–water partition coefficient (Wildman–Crippen LogP) is 5.21. The fraction of sp³-hybridized carbons (Fsp3) is 0.273. The lowest BCUT2D eigenvalue weighted by Crippen LogP contribution is -2.04. The van der Waals surface area contributed by atoms with E-state index in [0.29, 0.717) is 40.0 Å². The summed E-state index contributed by atoms with van der Waals surface area (Å²) in [5, 5.41) is 20.2. The highest BCUT2D eigenvalue weighted by molar-refractivity contribution is 6.17. The van der Waals surface area contributed by atoms with E-state index in [-0.39, 0.29) is 24.5 Å². The van der Waals surface area contributed by atoms with Crippen molar-refractivity contribution in [3.8, 4) is 11.8 Å². The molecule has 0 unspecified atom stereocenters.